The zero-order valence-electron chi connectivity index (χ0n) is 5.60. The van der Waals surface area contributed by atoms with Crippen LogP contribution < -0.4 is 0 Å². The summed E-state index contributed by atoms with van der Waals surface area (Å²) in [5.41, 5.74) is 0. The van der Waals surface area contributed by atoms with Crippen LogP contribution in [0.2, 0.25) is 0 Å². The molecule has 0 aliphatic rings. The number of hydrogen-bond acceptors (Lipinski definition) is 3. The average molecular weight is 254 g/mol. The van der Waals surface area contributed by atoms with Gasteiger partial charge in [-0.05, 0) is 0 Å². The molecule has 0 spiro atoms. The molecular weight excluding hydrogens is 250 g/mol. The van der Waals surface area contributed by atoms with Gasteiger partial charge >= 0.3 is 5.97 Å². The van der Waals surface area contributed by atoms with Gasteiger partial charge in [-0.2, -0.15) is 0 Å². The number of esters is 1. The van der Waals surface area contributed by atoms with Crippen LogP contribution in [0.1, 0.15) is 0 Å². The Morgan fingerprint density at radius 1 is 1.50 bits per heavy atom. The van der Waals surface area contributed by atoms with Crippen molar-refractivity contribution in [2.24, 2.45) is 0 Å². The van der Waals surface area contributed by atoms with Gasteiger partial charge < -0.3 is 9.53 Å². The van der Waals surface area contributed by atoms with Gasteiger partial charge in [0.2, 0.25) is 3.79 Å². The summed E-state index contributed by atoms with van der Waals surface area (Å²) < 4.78 is 2.68. The number of rotatable bonds is 3. The zero-order valence-corrected chi connectivity index (χ0v) is 8.62. The SMILES string of the molecule is O=CC(Cl)C(=O)OCC(Cl)(Cl)Cl. The Hall–Kier alpha value is 0.300. The van der Waals surface area contributed by atoms with Crippen LogP contribution in [0.5, 0.6) is 0 Å². The second-order valence-electron chi connectivity index (χ2n) is 1.76. The van der Waals surface area contributed by atoms with Crippen LogP contribution >= 0.6 is 46.4 Å². The first-order valence-corrected chi connectivity index (χ1v) is 4.26. The van der Waals surface area contributed by atoms with Crippen molar-refractivity contribution in [2.45, 2.75) is 9.17 Å². The molecule has 12 heavy (non-hydrogen) atoms. The van der Waals surface area contributed by atoms with Gasteiger partial charge in [0.15, 0.2) is 5.38 Å². The minimum absolute atomic E-state index is 0.224. The van der Waals surface area contributed by atoms with Crippen LogP contribution in [0.4, 0.5) is 0 Å². The molecule has 3 nitrogen and oxygen atoms in total. The van der Waals surface area contributed by atoms with Gasteiger partial charge in [-0.25, -0.2) is 4.79 Å². The largest absolute Gasteiger partial charge is 0.460 e. The summed E-state index contributed by atoms with van der Waals surface area (Å²) in [5, 5.41) is -1.35. The Labute approximate surface area is 88.8 Å². The van der Waals surface area contributed by atoms with Crippen LogP contribution in [-0.4, -0.2) is 28.0 Å². The van der Waals surface area contributed by atoms with E-state index >= 15 is 0 Å². The van der Waals surface area contributed by atoms with E-state index in [0.29, 0.717) is 0 Å². The molecule has 0 saturated carbocycles. The van der Waals surface area contributed by atoms with Crippen molar-refractivity contribution in [3.05, 3.63) is 0 Å². The summed E-state index contributed by atoms with van der Waals surface area (Å²) in [6.07, 6.45) is 0.224. The van der Waals surface area contributed by atoms with E-state index < -0.39 is 21.7 Å². The summed E-state index contributed by atoms with van der Waals surface area (Å²) in [5.74, 6) is -0.932. The Balaban J connectivity index is 3.80. The molecule has 0 saturated heterocycles. The lowest BCUT2D eigenvalue weighted by molar-refractivity contribution is -0.143. The fourth-order valence-electron chi connectivity index (χ4n) is 0.288. The van der Waals surface area contributed by atoms with Crippen LogP contribution in [0.25, 0.3) is 0 Å². The number of alkyl halides is 4. The number of ether oxygens (including phenoxy) is 1. The van der Waals surface area contributed by atoms with Gasteiger partial charge in [0, 0.05) is 0 Å². The number of halogens is 4. The molecule has 0 aliphatic carbocycles. The number of hydrogen-bond donors (Lipinski definition) is 0. The highest BCUT2D eigenvalue weighted by molar-refractivity contribution is 6.67. The minimum Gasteiger partial charge on any atom is -0.460 e. The molecule has 70 valence electrons. The topological polar surface area (TPSA) is 43.4 Å². The Kier molecular flexibility index (Phi) is 5.25. The van der Waals surface area contributed by atoms with Crippen molar-refractivity contribution in [3.63, 3.8) is 0 Å². The maximum atomic E-state index is 10.7. The van der Waals surface area contributed by atoms with Crippen molar-refractivity contribution in [1.82, 2.24) is 0 Å². The van der Waals surface area contributed by atoms with E-state index in [1.165, 1.54) is 0 Å². The van der Waals surface area contributed by atoms with Crippen LogP contribution in [0.15, 0.2) is 0 Å². The molecule has 0 fully saturated rings. The van der Waals surface area contributed by atoms with E-state index in [-0.39, 0.29) is 6.29 Å². The Bertz CT molecular complexity index is 176. The van der Waals surface area contributed by atoms with E-state index in [4.69, 9.17) is 46.4 Å². The third-order valence-electron chi connectivity index (χ3n) is 0.723. The third-order valence-corrected chi connectivity index (χ3v) is 1.33. The molecular formula is C5H4Cl4O3. The summed E-state index contributed by atoms with van der Waals surface area (Å²) in [6, 6.07) is 0. The second-order valence-corrected chi connectivity index (χ2v) is 4.75. The zero-order chi connectivity index (χ0) is 9.78. The van der Waals surface area contributed by atoms with Gasteiger partial charge in [0.1, 0.15) is 12.9 Å². The van der Waals surface area contributed by atoms with E-state index in [2.05, 4.69) is 4.74 Å². The van der Waals surface area contributed by atoms with E-state index in [1.54, 1.807) is 0 Å². The molecule has 0 bridgehead atoms. The van der Waals surface area contributed by atoms with Gasteiger partial charge in [-0.3, -0.25) is 0 Å². The Morgan fingerprint density at radius 3 is 2.33 bits per heavy atom. The van der Waals surface area contributed by atoms with Crippen molar-refractivity contribution in [2.75, 3.05) is 6.61 Å². The van der Waals surface area contributed by atoms with Crippen molar-refractivity contribution in [1.29, 1.82) is 0 Å². The summed E-state index contributed by atoms with van der Waals surface area (Å²) in [7, 11) is 0. The molecule has 0 aromatic carbocycles. The molecule has 1 unspecified atom stereocenters. The fourth-order valence-corrected chi connectivity index (χ4v) is 0.515. The summed E-state index contributed by atoms with van der Waals surface area (Å²) in [4.78, 5) is 20.6. The van der Waals surface area contributed by atoms with E-state index in [9.17, 15) is 9.59 Å². The molecule has 0 heterocycles. The highest BCUT2D eigenvalue weighted by Crippen LogP contribution is 2.26. The van der Waals surface area contributed by atoms with Crippen molar-refractivity contribution < 1.29 is 14.3 Å². The first-order chi connectivity index (χ1) is 5.37. The van der Waals surface area contributed by atoms with Crippen LogP contribution in [0, 0.1) is 0 Å². The van der Waals surface area contributed by atoms with Gasteiger partial charge in [0.05, 0.1) is 0 Å². The predicted molar refractivity (Wildman–Crippen MR) is 47.0 cm³/mol. The molecule has 0 radical (unpaired) electrons. The highest BCUT2D eigenvalue weighted by Gasteiger charge is 2.24. The minimum atomic E-state index is -1.69. The molecule has 0 rings (SSSR count). The maximum absolute atomic E-state index is 10.7. The molecule has 0 aromatic heterocycles. The lowest BCUT2D eigenvalue weighted by Crippen LogP contribution is -2.24. The van der Waals surface area contributed by atoms with Crippen molar-refractivity contribution in [3.8, 4) is 0 Å². The maximum Gasteiger partial charge on any atom is 0.331 e. The molecule has 0 aliphatic heterocycles. The molecule has 0 amide bonds. The van der Waals surface area contributed by atoms with Gasteiger partial charge in [-0.1, -0.05) is 34.8 Å². The smallest absolute Gasteiger partial charge is 0.331 e. The van der Waals surface area contributed by atoms with Gasteiger partial charge in [0.25, 0.3) is 0 Å². The molecule has 0 aromatic rings. The van der Waals surface area contributed by atoms with Crippen LogP contribution in [0.3, 0.4) is 0 Å². The first-order valence-electron chi connectivity index (χ1n) is 2.69. The molecule has 7 heteroatoms. The monoisotopic (exact) mass is 252 g/mol. The molecule has 0 N–H and O–H groups in total. The Morgan fingerprint density at radius 2 is 2.00 bits per heavy atom. The van der Waals surface area contributed by atoms with E-state index in [0.717, 1.165) is 0 Å². The lowest BCUT2D eigenvalue weighted by Gasteiger charge is -2.11. The van der Waals surface area contributed by atoms with Crippen molar-refractivity contribution >= 4 is 58.7 Å². The summed E-state index contributed by atoms with van der Waals surface area (Å²) in [6.45, 7) is -0.437. The number of carbonyl (C=O) groups is 2. The average Bonchev–Trinajstić information content (AvgIpc) is 1.97. The third kappa shape index (κ3) is 5.89. The van der Waals surface area contributed by atoms with E-state index in [1.807, 2.05) is 0 Å². The number of aldehydes is 1. The quantitative estimate of drug-likeness (QED) is 0.333. The normalized spacial score (nSPS) is 13.7. The second kappa shape index (κ2) is 5.12. The standard InChI is InChI=1S/C5H4Cl4O3/c6-3(1-10)4(11)12-2-5(7,8)9/h1,3H,2H2. The lowest BCUT2D eigenvalue weighted by atomic mass is 10.5. The predicted octanol–water partition coefficient (Wildman–Crippen LogP) is 1.71. The summed E-state index contributed by atoms with van der Waals surface area (Å²) >= 11 is 20.9. The van der Waals surface area contributed by atoms with Gasteiger partial charge in [-0.15, -0.1) is 11.6 Å². The van der Waals surface area contributed by atoms with Crippen LogP contribution in [-0.2, 0) is 14.3 Å². The highest BCUT2D eigenvalue weighted by atomic mass is 35.6. The molecule has 1 atom stereocenters. The first kappa shape index (κ1) is 12.3. The fraction of sp³-hybridized carbons (Fsp3) is 0.600. The number of carbonyl (C=O) groups excluding carboxylic acids is 2.